The van der Waals surface area contributed by atoms with Crippen LogP contribution in [-0.4, -0.2) is 19.4 Å². The van der Waals surface area contributed by atoms with Crippen LogP contribution in [0.15, 0.2) is 18.2 Å². The standard InChI is InChI=1S/C11H11N5/c1-6-3-4-8-9(5-6)16-7(2)13-10(12)15-11(16)14-8/h3-5H,1-2H3,(H2,12,14,15). The van der Waals surface area contributed by atoms with Gasteiger partial charge in [-0.2, -0.15) is 9.97 Å². The third kappa shape index (κ3) is 1.14. The van der Waals surface area contributed by atoms with Gasteiger partial charge in [-0.05, 0) is 31.5 Å². The first kappa shape index (κ1) is 9.08. The van der Waals surface area contributed by atoms with Gasteiger partial charge in [0, 0.05) is 0 Å². The zero-order chi connectivity index (χ0) is 11.3. The summed E-state index contributed by atoms with van der Waals surface area (Å²) >= 11 is 0. The van der Waals surface area contributed by atoms with E-state index in [4.69, 9.17) is 5.73 Å². The summed E-state index contributed by atoms with van der Waals surface area (Å²) in [6, 6.07) is 6.08. The van der Waals surface area contributed by atoms with E-state index in [-0.39, 0.29) is 5.95 Å². The predicted octanol–water partition coefficient (Wildman–Crippen LogP) is 1.48. The van der Waals surface area contributed by atoms with Gasteiger partial charge in [0.15, 0.2) is 0 Å². The van der Waals surface area contributed by atoms with Crippen molar-refractivity contribution in [2.45, 2.75) is 13.8 Å². The van der Waals surface area contributed by atoms with Crippen molar-refractivity contribution in [1.82, 2.24) is 19.4 Å². The zero-order valence-corrected chi connectivity index (χ0v) is 9.10. The highest BCUT2D eigenvalue weighted by molar-refractivity contribution is 5.80. The van der Waals surface area contributed by atoms with E-state index >= 15 is 0 Å². The number of nitrogens with two attached hydrogens (primary N) is 1. The van der Waals surface area contributed by atoms with E-state index in [1.54, 1.807) is 0 Å². The third-order valence-electron chi connectivity index (χ3n) is 2.61. The molecular formula is C11H11N5. The molecule has 16 heavy (non-hydrogen) atoms. The van der Waals surface area contributed by atoms with Crippen LogP contribution in [0.1, 0.15) is 11.4 Å². The minimum absolute atomic E-state index is 0.261. The van der Waals surface area contributed by atoms with Crippen molar-refractivity contribution in [1.29, 1.82) is 0 Å². The molecule has 0 spiro atoms. The highest BCUT2D eigenvalue weighted by atomic mass is 15.2. The fraction of sp³-hybridized carbons (Fsp3) is 0.182. The van der Waals surface area contributed by atoms with Crippen molar-refractivity contribution >= 4 is 22.8 Å². The maximum Gasteiger partial charge on any atom is 0.239 e. The summed E-state index contributed by atoms with van der Waals surface area (Å²) in [5.74, 6) is 1.67. The Morgan fingerprint density at radius 1 is 1.12 bits per heavy atom. The topological polar surface area (TPSA) is 69.1 Å². The van der Waals surface area contributed by atoms with Crippen molar-refractivity contribution < 1.29 is 0 Å². The molecule has 3 aromatic rings. The smallest absolute Gasteiger partial charge is 0.239 e. The number of anilines is 1. The lowest BCUT2D eigenvalue weighted by Gasteiger charge is -2.00. The lowest BCUT2D eigenvalue weighted by molar-refractivity contribution is 0.965. The van der Waals surface area contributed by atoms with Gasteiger partial charge in [0.1, 0.15) is 5.82 Å². The number of imidazole rings is 1. The molecule has 0 saturated carbocycles. The van der Waals surface area contributed by atoms with E-state index in [1.165, 1.54) is 5.56 Å². The van der Waals surface area contributed by atoms with Crippen LogP contribution >= 0.6 is 0 Å². The number of fused-ring (bicyclic) bond motifs is 3. The van der Waals surface area contributed by atoms with E-state index in [9.17, 15) is 0 Å². The third-order valence-corrected chi connectivity index (χ3v) is 2.61. The number of aromatic nitrogens is 4. The molecule has 0 saturated heterocycles. The van der Waals surface area contributed by atoms with E-state index < -0.39 is 0 Å². The summed E-state index contributed by atoms with van der Waals surface area (Å²) in [4.78, 5) is 12.7. The van der Waals surface area contributed by atoms with E-state index in [1.807, 2.05) is 30.4 Å². The molecule has 0 aliphatic heterocycles. The molecule has 0 unspecified atom stereocenters. The van der Waals surface area contributed by atoms with E-state index in [2.05, 4.69) is 21.0 Å². The molecule has 0 bridgehead atoms. The Morgan fingerprint density at radius 2 is 1.94 bits per heavy atom. The average Bonchev–Trinajstić information content (AvgIpc) is 2.54. The second-order valence-electron chi connectivity index (χ2n) is 3.87. The Morgan fingerprint density at radius 3 is 2.75 bits per heavy atom. The van der Waals surface area contributed by atoms with Crippen LogP contribution in [0.4, 0.5) is 5.95 Å². The van der Waals surface area contributed by atoms with Gasteiger partial charge in [0.05, 0.1) is 11.0 Å². The van der Waals surface area contributed by atoms with Crippen molar-refractivity contribution in [3.8, 4) is 0 Å². The fourth-order valence-corrected chi connectivity index (χ4v) is 1.91. The fourth-order valence-electron chi connectivity index (χ4n) is 1.91. The molecular weight excluding hydrogens is 202 g/mol. The number of rotatable bonds is 0. The SMILES string of the molecule is Cc1ccc2nc3nc(N)nc(C)n3c2c1. The van der Waals surface area contributed by atoms with Crippen molar-refractivity contribution in [3.05, 3.63) is 29.6 Å². The van der Waals surface area contributed by atoms with E-state index in [0.29, 0.717) is 5.78 Å². The first-order valence-corrected chi connectivity index (χ1v) is 5.04. The van der Waals surface area contributed by atoms with Gasteiger partial charge < -0.3 is 5.73 Å². The van der Waals surface area contributed by atoms with Crippen molar-refractivity contribution in [2.24, 2.45) is 0 Å². The molecule has 0 radical (unpaired) electrons. The second kappa shape index (κ2) is 2.91. The van der Waals surface area contributed by atoms with Crippen LogP contribution in [0.3, 0.4) is 0 Å². The van der Waals surface area contributed by atoms with Gasteiger partial charge in [-0.25, -0.2) is 4.98 Å². The molecule has 80 valence electrons. The molecule has 0 aliphatic rings. The van der Waals surface area contributed by atoms with Gasteiger partial charge in [-0.15, -0.1) is 0 Å². The van der Waals surface area contributed by atoms with Crippen LogP contribution < -0.4 is 5.73 Å². The molecule has 5 nitrogen and oxygen atoms in total. The molecule has 5 heteroatoms. The summed E-state index contributed by atoms with van der Waals surface area (Å²) in [5, 5.41) is 0. The number of nitrogen functional groups attached to an aromatic ring is 1. The first-order chi connectivity index (χ1) is 7.65. The number of hydrogen-bond acceptors (Lipinski definition) is 4. The van der Waals surface area contributed by atoms with Gasteiger partial charge in [0.25, 0.3) is 0 Å². The molecule has 2 N–H and O–H groups in total. The number of nitrogens with zero attached hydrogens (tertiary/aromatic N) is 4. The summed E-state index contributed by atoms with van der Waals surface area (Å²) in [5.41, 5.74) is 8.72. The summed E-state index contributed by atoms with van der Waals surface area (Å²) < 4.78 is 1.92. The normalized spacial score (nSPS) is 11.4. The Kier molecular flexibility index (Phi) is 1.65. The molecule has 2 heterocycles. The molecule has 0 atom stereocenters. The van der Waals surface area contributed by atoms with Crippen LogP contribution in [-0.2, 0) is 0 Å². The zero-order valence-electron chi connectivity index (χ0n) is 9.10. The second-order valence-corrected chi connectivity index (χ2v) is 3.87. The highest BCUT2D eigenvalue weighted by Crippen LogP contribution is 2.18. The molecule has 0 amide bonds. The Hall–Kier alpha value is -2.17. The molecule has 2 aromatic heterocycles. The maximum absolute atomic E-state index is 5.60. The van der Waals surface area contributed by atoms with Crippen LogP contribution in [0.2, 0.25) is 0 Å². The number of hydrogen-bond donors (Lipinski definition) is 1. The lowest BCUT2D eigenvalue weighted by atomic mass is 10.2. The Labute approximate surface area is 92.0 Å². The van der Waals surface area contributed by atoms with Crippen LogP contribution in [0.25, 0.3) is 16.8 Å². The Balaban J connectivity index is 2.57. The Bertz CT molecular complexity index is 698. The predicted molar refractivity (Wildman–Crippen MR) is 62.2 cm³/mol. The van der Waals surface area contributed by atoms with Gasteiger partial charge in [-0.3, -0.25) is 4.40 Å². The number of benzene rings is 1. The van der Waals surface area contributed by atoms with Crippen LogP contribution in [0, 0.1) is 13.8 Å². The van der Waals surface area contributed by atoms with Crippen molar-refractivity contribution in [2.75, 3.05) is 5.73 Å². The average molecular weight is 213 g/mol. The van der Waals surface area contributed by atoms with Gasteiger partial charge in [0.2, 0.25) is 11.7 Å². The summed E-state index contributed by atoms with van der Waals surface area (Å²) in [6.45, 7) is 3.95. The minimum Gasteiger partial charge on any atom is -0.368 e. The quantitative estimate of drug-likeness (QED) is 0.614. The first-order valence-electron chi connectivity index (χ1n) is 5.04. The molecule has 0 aliphatic carbocycles. The lowest BCUT2D eigenvalue weighted by Crippen LogP contribution is -2.03. The monoisotopic (exact) mass is 213 g/mol. The molecule has 1 aromatic carbocycles. The highest BCUT2D eigenvalue weighted by Gasteiger charge is 2.09. The minimum atomic E-state index is 0.261. The van der Waals surface area contributed by atoms with Crippen molar-refractivity contribution in [3.63, 3.8) is 0 Å². The summed E-state index contributed by atoms with van der Waals surface area (Å²) in [6.07, 6.45) is 0. The largest absolute Gasteiger partial charge is 0.368 e. The maximum atomic E-state index is 5.60. The van der Waals surface area contributed by atoms with Crippen LogP contribution in [0.5, 0.6) is 0 Å². The molecule has 3 rings (SSSR count). The van der Waals surface area contributed by atoms with Gasteiger partial charge >= 0.3 is 0 Å². The summed E-state index contributed by atoms with van der Waals surface area (Å²) in [7, 11) is 0. The van der Waals surface area contributed by atoms with Gasteiger partial charge in [-0.1, -0.05) is 6.07 Å². The van der Waals surface area contributed by atoms with E-state index in [0.717, 1.165) is 16.9 Å². The molecule has 0 fully saturated rings. The number of aryl methyl sites for hydroxylation is 2.